The maximum absolute atomic E-state index is 12.9. The molecule has 0 aliphatic carbocycles. The summed E-state index contributed by atoms with van der Waals surface area (Å²) >= 11 is 1.95. The fourth-order valence-electron chi connectivity index (χ4n) is 3.04. The summed E-state index contributed by atoms with van der Waals surface area (Å²) in [5.74, 6) is 2.22. The van der Waals surface area contributed by atoms with Gasteiger partial charge in [-0.25, -0.2) is 0 Å². The van der Waals surface area contributed by atoms with Crippen LogP contribution in [-0.4, -0.2) is 33.2 Å². The minimum Gasteiger partial charge on any atom is -0.399 e. The summed E-state index contributed by atoms with van der Waals surface area (Å²) < 4.78 is 18.9. The van der Waals surface area contributed by atoms with Gasteiger partial charge in [0.1, 0.15) is 0 Å². The second kappa shape index (κ2) is 5.70. The number of anilines is 1. The van der Waals surface area contributed by atoms with Crippen LogP contribution < -0.4 is 5.73 Å². The van der Waals surface area contributed by atoms with E-state index in [2.05, 4.69) is 0 Å². The Morgan fingerprint density at radius 2 is 2.35 bits per heavy atom. The van der Waals surface area contributed by atoms with E-state index in [1.807, 2.05) is 36.9 Å². The summed E-state index contributed by atoms with van der Waals surface area (Å²) in [5.41, 5.74) is 7.59. The Kier molecular flexibility index (Phi) is 4.11. The molecular formula is C15H21NO2S2. The predicted octanol–water partition coefficient (Wildman–Crippen LogP) is 2.74. The van der Waals surface area contributed by atoms with Crippen LogP contribution in [0, 0.1) is 6.92 Å². The summed E-state index contributed by atoms with van der Waals surface area (Å²) in [5, 5.41) is 0.197. The summed E-state index contributed by atoms with van der Waals surface area (Å²) in [4.78, 5) is 0.901. The van der Waals surface area contributed by atoms with Crippen LogP contribution in [-0.2, 0) is 15.5 Å². The molecule has 1 spiro atoms. The molecule has 3 nitrogen and oxygen atoms in total. The van der Waals surface area contributed by atoms with Gasteiger partial charge >= 0.3 is 0 Å². The van der Waals surface area contributed by atoms with E-state index >= 15 is 0 Å². The van der Waals surface area contributed by atoms with Crippen LogP contribution in [0.2, 0.25) is 0 Å². The van der Waals surface area contributed by atoms with Crippen LogP contribution in [0.15, 0.2) is 23.1 Å². The third-order valence-corrected chi connectivity index (χ3v) is 7.35. The SMILES string of the molecule is Cc1ccc(N)cc1S(=O)C1CCOC2(CCSC2)C1. The molecule has 2 heterocycles. The highest BCUT2D eigenvalue weighted by atomic mass is 32.2. The molecule has 0 radical (unpaired) electrons. The van der Waals surface area contributed by atoms with E-state index < -0.39 is 10.8 Å². The van der Waals surface area contributed by atoms with Gasteiger partial charge in [0.15, 0.2) is 0 Å². The van der Waals surface area contributed by atoms with Crippen molar-refractivity contribution in [2.45, 2.75) is 41.9 Å². The lowest BCUT2D eigenvalue weighted by atomic mass is 9.93. The maximum Gasteiger partial charge on any atom is 0.0791 e. The fraction of sp³-hybridized carbons (Fsp3) is 0.600. The normalized spacial score (nSPS) is 31.6. The van der Waals surface area contributed by atoms with Crippen LogP contribution in [0.5, 0.6) is 0 Å². The summed E-state index contributed by atoms with van der Waals surface area (Å²) in [6, 6.07) is 5.70. The Morgan fingerprint density at radius 3 is 3.10 bits per heavy atom. The molecule has 0 amide bonds. The number of nitrogen functional groups attached to an aromatic ring is 1. The van der Waals surface area contributed by atoms with E-state index in [1.54, 1.807) is 0 Å². The molecule has 3 rings (SSSR count). The van der Waals surface area contributed by atoms with Crippen molar-refractivity contribution in [2.75, 3.05) is 23.8 Å². The summed E-state index contributed by atoms with van der Waals surface area (Å²) in [6.45, 7) is 2.74. The molecule has 0 saturated carbocycles. The van der Waals surface area contributed by atoms with Gasteiger partial charge in [0, 0.05) is 28.2 Å². The monoisotopic (exact) mass is 311 g/mol. The van der Waals surface area contributed by atoms with E-state index in [0.29, 0.717) is 5.69 Å². The van der Waals surface area contributed by atoms with Crippen molar-refractivity contribution in [2.24, 2.45) is 0 Å². The first-order chi connectivity index (χ1) is 9.60. The minimum absolute atomic E-state index is 0.0164. The van der Waals surface area contributed by atoms with E-state index in [4.69, 9.17) is 10.5 Å². The Morgan fingerprint density at radius 1 is 1.50 bits per heavy atom. The number of thioether (sulfide) groups is 1. The molecule has 1 aromatic carbocycles. The number of aryl methyl sites for hydroxylation is 1. The quantitative estimate of drug-likeness (QED) is 0.853. The fourth-order valence-corrected chi connectivity index (χ4v) is 6.18. The maximum atomic E-state index is 12.9. The van der Waals surface area contributed by atoms with Crippen molar-refractivity contribution in [3.8, 4) is 0 Å². The van der Waals surface area contributed by atoms with Gasteiger partial charge in [-0.15, -0.1) is 0 Å². The zero-order chi connectivity index (χ0) is 14.2. The highest BCUT2D eigenvalue weighted by molar-refractivity contribution is 7.99. The number of hydrogen-bond donors (Lipinski definition) is 1. The van der Waals surface area contributed by atoms with E-state index in [1.165, 1.54) is 0 Å². The average molecular weight is 311 g/mol. The first-order valence-electron chi connectivity index (χ1n) is 7.08. The molecule has 1 aromatic rings. The summed E-state index contributed by atoms with van der Waals surface area (Å²) in [7, 11) is -0.983. The standard InChI is InChI=1S/C15H21NO2S2/c1-11-2-3-12(16)8-14(11)20(17)13-4-6-18-15(9-13)5-7-19-10-15/h2-3,8,13H,4-7,9-10,16H2,1H3. The second-order valence-electron chi connectivity index (χ2n) is 5.77. The number of benzene rings is 1. The number of nitrogens with two attached hydrogens (primary N) is 1. The zero-order valence-electron chi connectivity index (χ0n) is 11.8. The Balaban J connectivity index is 1.81. The van der Waals surface area contributed by atoms with E-state index in [-0.39, 0.29) is 10.9 Å². The molecule has 2 aliphatic rings. The van der Waals surface area contributed by atoms with Gasteiger partial charge in [0.2, 0.25) is 0 Å². The van der Waals surface area contributed by atoms with Crippen molar-refractivity contribution < 1.29 is 8.95 Å². The van der Waals surface area contributed by atoms with Gasteiger partial charge in [-0.05, 0) is 49.6 Å². The predicted molar refractivity (Wildman–Crippen MR) is 85.6 cm³/mol. The van der Waals surface area contributed by atoms with Gasteiger partial charge < -0.3 is 10.5 Å². The van der Waals surface area contributed by atoms with Crippen molar-refractivity contribution in [3.05, 3.63) is 23.8 Å². The van der Waals surface area contributed by atoms with Crippen LogP contribution in [0.1, 0.15) is 24.8 Å². The minimum atomic E-state index is -0.983. The molecule has 5 heteroatoms. The van der Waals surface area contributed by atoms with Crippen molar-refractivity contribution in [3.63, 3.8) is 0 Å². The second-order valence-corrected chi connectivity index (χ2v) is 8.58. The zero-order valence-corrected chi connectivity index (χ0v) is 13.4. The average Bonchev–Trinajstić information content (AvgIpc) is 2.88. The molecule has 3 unspecified atom stereocenters. The molecule has 2 fully saturated rings. The van der Waals surface area contributed by atoms with Crippen molar-refractivity contribution in [1.29, 1.82) is 0 Å². The van der Waals surface area contributed by atoms with Crippen molar-refractivity contribution >= 4 is 28.2 Å². The van der Waals surface area contributed by atoms with E-state index in [9.17, 15) is 4.21 Å². The first kappa shape index (κ1) is 14.4. The van der Waals surface area contributed by atoms with Crippen LogP contribution in [0.3, 0.4) is 0 Å². The Bertz CT molecular complexity index is 527. The Hall–Kier alpha value is -0.520. The molecule has 0 aromatic heterocycles. The van der Waals surface area contributed by atoms with Gasteiger partial charge in [-0.1, -0.05) is 6.07 Å². The highest BCUT2D eigenvalue weighted by Crippen LogP contribution is 2.40. The van der Waals surface area contributed by atoms with Crippen LogP contribution in [0.25, 0.3) is 0 Å². The smallest absolute Gasteiger partial charge is 0.0791 e. The molecule has 0 bridgehead atoms. The number of rotatable bonds is 2. The lowest BCUT2D eigenvalue weighted by Crippen LogP contribution is -2.43. The lowest BCUT2D eigenvalue weighted by molar-refractivity contribution is -0.0567. The van der Waals surface area contributed by atoms with Gasteiger partial charge in [-0.2, -0.15) is 11.8 Å². The third-order valence-electron chi connectivity index (χ3n) is 4.25. The molecule has 20 heavy (non-hydrogen) atoms. The lowest BCUT2D eigenvalue weighted by Gasteiger charge is -2.37. The van der Waals surface area contributed by atoms with Crippen LogP contribution >= 0.6 is 11.8 Å². The van der Waals surface area contributed by atoms with Crippen molar-refractivity contribution in [1.82, 2.24) is 0 Å². The third kappa shape index (κ3) is 2.76. The topological polar surface area (TPSA) is 52.3 Å². The van der Waals surface area contributed by atoms with Crippen LogP contribution in [0.4, 0.5) is 5.69 Å². The molecule has 2 aliphatic heterocycles. The largest absolute Gasteiger partial charge is 0.399 e. The van der Waals surface area contributed by atoms with Gasteiger partial charge in [-0.3, -0.25) is 4.21 Å². The molecular weight excluding hydrogens is 290 g/mol. The molecule has 2 saturated heterocycles. The molecule has 2 N–H and O–H groups in total. The molecule has 3 atom stereocenters. The van der Waals surface area contributed by atoms with Gasteiger partial charge in [0.25, 0.3) is 0 Å². The summed E-state index contributed by atoms with van der Waals surface area (Å²) in [6.07, 6.45) is 2.90. The number of ether oxygens (including phenoxy) is 1. The molecule has 110 valence electrons. The van der Waals surface area contributed by atoms with Gasteiger partial charge in [0.05, 0.1) is 16.4 Å². The highest BCUT2D eigenvalue weighted by Gasteiger charge is 2.42. The van der Waals surface area contributed by atoms with E-state index in [0.717, 1.165) is 47.8 Å². The first-order valence-corrected chi connectivity index (χ1v) is 9.45. The number of hydrogen-bond acceptors (Lipinski definition) is 4. The Labute approximate surface area is 127 Å².